The minimum atomic E-state index is -0.322. The Morgan fingerprint density at radius 3 is 2.39 bits per heavy atom. The second kappa shape index (κ2) is 4.96. The lowest BCUT2D eigenvalue weighted by Gasteiger charge is -2.06. The minimum Gasteiger partial charge on any atom is -0.392 e. The van der Waals surface area contributed by atoms with Crippen LogP contribution in [0.5, 0.6) is 0 Å². The summed E-state index contributed by atoms with van der Waals surface area (Å²) in [6, 6.07) is 14.3. The van der Waals surface area contributed by atoms with E-state index >= 15 is 0 Å². The van der Waals surface area contributed by atoms with Gasteiger partial charge in [-0.1, -0.05) is 30.3 Å². The maximum atomic E-state index is 12.2. The van der Waals surface area contributed by atoms with Crippen LogP contribution >= 0.6 is 0 Å². The van der Waals surface area contributed by atoms with Crippen LogP contribution in [0, 0.1) is 0 Å². The largest absolute Gasteiger partial charge is 0.392 e. The van der Waals surface area contributed by atoms with Gasteiger partial charge in [0.05, 0.1) is 12.1 Å². The number of nitrogens with one attached hydrogen (secondary N) is 2. The number of nitrogens with zero attached hydrogens (tertiary/aromatic N) is 1. The van der Waals surface area contributed by atoms with Crippen LogP contribution in [0.15, 0.2) is 58.1 Å². The summed E-state index contributed by atoms with van der Waals surface area (Å²) < 4.78 is 1.45. The molecule has 2 aromatic carbocycles. The molecule has 2 aromatic heterocycles. The molecule has 114 valence electrons. The van der Waals surface area contributed by atoms with Crippen LogP contribution in [-0.4, -0.2) is 19.7 Å². The van der Waals surface area contributed by atoms with Crippen molar-refractivity contribution in [2.75, 3.05) is 0 Å². The highest BCUT2D eigenvalue weighted by molar-refractivity contribution is 5.86. The molecular formula is C17H13N3O3. The van der Waals surface area contributed by atoms with Crippen molar-refractivity contribution in [2.24, 2.45) is 0 Å². The smallest absolute Gasteiger partial charge is 0.346 e. The molecule has 0 atom stereocenters. The van der Waals surface area contributed by atoms with Crippen LogP contribution in [0.1, 0.15) is 5.56 Å². The van der Waals surface area contributed by atoms with E-state index in [0.29, 0.717) is 16.6 Å². The zero-order chi connectivity index (χ0) is 16.0. The first-order valence-electron chi connectivity index (χ1n) is 7.14. The van der Waals surface area contributed by atoms with Crippen LogP contribution < -0.4 is 11.1 Å². The molecule has 0 aliphatic carbocycles. The van der Waals surface area contributed by atoms with E-state index in [1.54, 1.807) is 6.07 Å². The molecular weight excluding hydrogens is 294 g/mol. The van der Waals surface area contributed by atoms with E-state index in [1.165, 1.54) is 10.5 Å². The van der Waals surface area contributed by atoms with Gasteiger partial charge in [-0.25, -0.2) is 14.3 Å². The summed E-state index contributed by atoms with van der Waals surface area (Å²) in [6.07, 6.45) is 0. The molecule has 6 nitrogen and oxygen atoms in total. The number of rotatable bonds is 2. The molecule has 0 fully saturated rings. The third-order valence-electron chi connectivity index (χ3n) is 3.98. The molecule has 0 unspecified atom stereocenters. The van der Waals surface area contributed by atoms with E-state index in [4.69, 9.17) is 5.11 Å². The number of aromatic amines is 2. The first-order chi connectivity index (χ1) is 11.2. The highest BCUT2D eigenvalue weighted by Crippen LogP contribution is 2.23. The molecule has 0 amide bonds. The number of aliphatic hydroxyl groups is 1. The first-order valence-corrected chi connectivity index (χ1v) is 7.14. The molecule has 0 saturated heterocycles. The number of hydrogen-bond acceptors (Lipinski definition) is 3. The Bertz CT molecular complexity index is 1130. The number of benzene rings is 2. The van der Waals surface area contributed by atoms with Crippen LogP contribution in [0.25, 0.3) is 27.7 Å². The van der Waals surface area contributed by atoms with Crippen molar-refractivity contribution >= 4 is 16.6 Å². The summed E-state index contributed by atoms with van der Waals surface area (Å²) in [5.74, 6) is 0. The van der Waals surface area contributed by atoms with Crippen molar-refractivity contribution in [3.05, 3.63) is 74.8 Å². The molecule has 0 aliphatic rings. The fourth-order valence-corrected chi connectivity index (χ4v) is 2.79. The van der Waals surface area contributed by atoms with Crippen molar-refractivity contribution < 1.29 is 5.11 Å². The number of H-pyrrole nitrogens is 2. The van der Waals surface area contributed by atoms with Gasteiger partial charge in [0.15, 0.2) is 5.43 Å². The van der Waals surface area contributed by atoms with Gasteiger partial charge in [0, 0.05) is 11.5 Å². The zero-order valence-electron chi connectivity index (χ0n) is 12.0. The van der Waals surface area contributed by atoms with Gasteiger partial charge in [0.25, 0.3) is 0 Å². The fraction of sp³-hybridized carbons (Fsp3) is 0.0588. The van der Waals surface area contributed by atoms with Gasteiger partial charge < -0.3 is 5.11 Å². The summed E-state index contributed by atoms with van der Waals surface area (Å²) in [4.78, 5) is 24.1. The molecule has 0 spiro atoms. The summed E-state index contributed by atoms with van der Waals surface area (Å²) >= 11 is 0. The second-order valence-electron chi connectivity index (χ2n) is 5.37. The Hall–Kier alpha value is -3.12. The van der Waals surface area contributed by atoms with Crippen LogP contribution in [-0.2, 0) is 6.61 Å². The molecule has 4 rings (SSSR count). The third kappa shape index (κ3) is 2.08. The number of aliphatic hydroxyl groups excluding tert-OH is 1. The predicted molar refractivity (Wildman–Crippen MR) is 87.5 cm³/mol. The van der Waals surface area contributed by atoms with E-state index in [0.717, 1.165) is 16.7 Å². The number of pyridine rings is 1. The van der Waals surface area contributed by atoms with E-state index in [-0.39, 0.29) is 17.7 Å². The van der Waals surface area contributed by atoms with Gasteiger partial charge in [-0.3, -0.25) is 9.89 Å². The van der Waals surface area contributed by atoms with Crippen LogP contribution in [0.2, 0.25) is 0 Å². The van der Waals surface area contributed by atoms with Crippen LogP contribution in [0.3, 0.4) is 0 Å². The Balaban J connectivity index is 2.02. The maximum Gasteiger partial charge on any atom is 0.346 e. The van der Waals surface area contributed by atoms with Crippen molar-refractivity contribution in [3.63, 3.8) is 0 Å². The lowest BCUT2D eigenvalue weighted by molar-refractivity contribution is 0.282. The highest BCUT2D eigenvalue weighted by Gasteiger charge is 2.09. The number of fused-ring (bicyclic) bond motifs is 3. The summed E-state index contributed by atoms with van der Waals surface area (Å²) in [7, 11) is 0. The van der Waals surface area contributed by atoms with E-state index < -0.39 is 0 Å². The predicted octanol–water partition coefficient (Wildman–Crippen LogP) is 1.63. The number of aromatic nitrogens is 3. The van der Waals surface area contributed by atoms with Crippen molar-refractivity contribution in [3.8, 4) is 11.1 Å². The normalized spacial score (nSPS) is 11.3. The van der Waals surface area contributed by atoms with E-state index in [2.05, 4.69) is 10.2 Å². The van der Waals surface area contributed by atoms with Gasteiger partial charge >= 0.3 is 5.69 Å². The molecule has 4 aromatic rings. The average Bonchev–Trinajstić information content (AvgIpc) is 2.95. The molecule has 3 N–H and O–H groups in total. The molecule has 0 bridgehead atoms. The highest BCUT2D eigenvalue weighted by atomic mass is 16.3. The lowest BCUT2D eigenvalue weighted by atomic mass is 10.0. The number of hydrogen-bond donors (Lipinski definition) is 3. The lowest BCUT2D eigenvalue weighted by Crippen LogP contribution is -2.13. The van der Waals surface area contributed by atoms with E-state index in [1.807, 2.05) is 36.4 Å². The fourth-order valence-electron chi connectivity index (χ4n) is 2.79. The second-order valence-corrected chi connectivity index (χ2v) is 5.37. The maximum absolute atomic E-state index is 12.2. The Kier molecular flexibility index (Phi) is 2.92. The van der Waals surface area contributed by atoms with Crippen molar-refractivity contribution in [1.82, 2.24) is 14.6 Å². The Morgan fingerprint density at radius 2 is 1.65 bits per heavy atom. The zero-order valence-corrected chi connectivity index (χ0v) is 12.0. The molecule has 6 heteroatoms. The Labute approximate surface area is 129 Å². The summed E-state index contributed by atoms with van der Waals surface area (Å²) in [6.45, 7) is -0.00720. The molecule has 0 aliphatic heterocycles. The van der Waals surface area contributed by atoms with Crippen LogP contribution in [0.4, 0.5) is 0 Å². The summed E-state index contributed by atoms with van der Waals surface area (Å²) in [5.41, 5.74) is 3.19. The molecule has 0 saturated carbocycles. The first kappa shape index (κ1) is 13.5. The minimum absolute atomic E-state index is 0.00720. The molecule has 2 heterocycles. The van der Waals surface area contributed by atoms with Crippen molar-refractivity contribution in [1.29, 1.82) is 0 Å². The van der Waals surface area contributed by atoms with Gasteiger partial charge in [0.1, 0.15) is 5.65 Å². The van der Waals surface area contributed by atoms with Gasteiger partial charge in [-0.2, -0.15) is 0 Å². The average molecular weight is 307 g/mol. The molecule has 23 heavy (non-hydrogen) atoms. The monoisotopic (exact) mass is 307 g/mol. The van der Waals surface area contributed by atoms with Gasteiger partial charge in [-0.15, -0.1) is 0 Å². The summed E-state index contributed by atoms with van der Waals surface area (Å²) in [5, 5.41) is 14.8. The van der Waals surface area contributed by atoms with Gasteiger partial charge in [0.2, 0.25) is 0 Å². The topological polar surface area (TPSA) is 90.4 Å². The third-order valence-corrected chi connectivity index (χ3v) is 3.98. The SMILES string of the molecule is O=c1cc2[nH][nH]c(=O)n2c2cc(-c3ccc(CO)cc3)ccc12. The standard InChI is InChI=1S/C17H13N3O3/c21-9-10-1-3-11(4-2-10)12-5-6-13-14(7-12)20-16(8-15(13)22)18-19-17(20)23/h1-8,18,21H,9H2,(H,19,23). The Morgan fingerprint density at radius 1 is 0.913 bits per heavy atom. The quantitative estimate of drug-likeness (QED) is 0.526. The van der Waals surface area contributed by atoms with E-state index in [9.17, 15) is 9.59 Å². The van der Waals surface area contributed by atoms with Crippen molar-refractivity contribution in [2.45, 2.75) is 6.61 Å². The van der Waals surface area contributed by atoms with Gasteiger partial charge in [-0.05, 0) is 28.8 Å². The molecule has 0 radical (unpaired) electrons.